The van der Waals surface area contributed by atoms with Gasteiger partial charge in [0.05, 0.1) is 5.52 Å². The first-order chi connectivity index (χ1) is 10.6. The van der Waals surface area contributed by atoms with Crippen LogP contribution in [0.2, 0.25) is 10.2 Å². The number of aromatic nitrogens is 1. The van der Waals surface area contributed by atoms with Crippen LogP contribution in [0.4, 0.5) is 0 Å². The van der Waals surface area contributed by atoms with Crippen molar-refractivity contribution in [2.24, 2.45) is 0 Å². The molecule has 3 aromatic rings. The molecule has 0 atom stereocenters. The number of nitrogens with one attached hydrogen (secondary N) is 1. The summed E-state index contributed by atoms with van der Waals surface area (Å²) in [7, 11) is 0. The molecule has 0 aliphatic rings. The summed E-state index contributed by atoms with van der Waals surface area (Å²) >= 11 is 11.8. The zero-order valence-corrected chi connectivity index (χ0v) is 13.0. The molecule has 0 unspecified atom stereocenters. The smallest absolute Gasteiger partial charge is 0.251 e. The Hall–Kier alpha value is -2.10. The maximum absolute atomic E-state index is 12.2. The molecule has 22 heavy (non-hydrogen) atoms. The van der Waals surface area contributed by atoms with Gasteiger partial charge in [0, 0.05) is 22.5 Å². The van der Waals surface area contributed by atoms with E-state index in [2.05, 4.69) is 10.3 Å². The van der Waals surface area contributed by atoms with Crippen LogP contribution in [-0.2, 0) is 6.54 Å². The number of hydrogen-bond donors (Lipinski definition) is 1. The highest BCUT2D eigenvalue weighted by Gasteiger charge is 2.07. The molecule has 2 aromatic carbocycles. The molecule has 0 aliphatic carbocycles. The van der Waals surface area contributed by atoms with Crippen molar-refractivity contribution in [3.8, 4) is 0 Å². The maximum Gasteiger partial charge on any atom is 0.251 e. The number of nitrogens with zero attached hydrogens (tertiary/aromatic N) is 1. The largest absolute Gasteiger partial charge is 0.348 e. The van der Waals surface area contributed by atoms with Crippen LogP contribution < -0.4 is 5.32 Å². The number of rotatable bonds is 3. The summed E-state index contributed by atoms with van der Waals surface area (Å²) in [5, 5.41) is 4.84. The van der Waals surface area contributed by atoms with Crippen LogP contribution in [0.15, 0.2) is 54.6 Å². The highest BCUT2D eigenvalue weighted by Crippen LogP contribution is 2.17. The lowest BCUT2D eigenvalue weighted by Crippen LogP contribution is -2.22. The highest BCUT2D eigenvalue weighted by molar-refractivity contribution is 6.30. The molecule has 0 radical (unpaired) electrons. The summed E-state index contributed by atoms with van der Waals surface area (Å²) in [6, 6.07) is 16.3. The van der Waals surface area contributed by atoms with Crippen LogP contribution in [0.3, 0.4) is 0 Å². The quantitative estimate of drug-likeness (QED) is 0.720. The Bertz CT molecular complexity index is 849. The number of fused-ring (bicyclic) bond motifs is 1. The third-order valence-electron chi connectivity index (χ3n) is 3.26. The van der Waals surface area contributed by atoms with Gasteiger partial charge in [0.1, 0.15) is 5.15 Å². The molecule has 0 saturated heterocycles. The highest BCUT2D eigenvalue weighted by atomic mass is 35.5. The van der Waals surface area contributed by atoms with Crippen molar-refractivity contribution in [2.45, 2.75) is 6.54 Å². The van der Waals surface area contributed by atoms with E-state index in [9.17, 15) is 4.79 Å². The Labute approximate surface area is 137 Å². The molecule has 3 rings (SSSR count). The monoisotopic (exact) mass is 330 g/mol. The predicted molar refractivity (Wildman–Crippen MR) is 89.4 cm³/mol. The lowest BCUT2D eigenvalue weighted by Gasteiger charge is -2.07. The SMILES string of the molecule is O=C(NCc1cccc(Cl)c1)c1ccc2nc(Cl)ccc2c1. The Morgan fingerprint density at radius 3 is 2.73 bits per heavy atom. The number of benzene rings is 2. The topological polar surface area (TPSA) is 42.0 Å². The van der Waals surface area contributed by atoms with Gasteiger partial charge in [-0.25, -0.2) is 4.98 Å². The minimum Gasteiger partial charge on any atom is -0.348 e. The summed E-state index contributed by atoms with van der Waals surface area (Å²) in [6.45, 7) is 0.427. The van der Waals surface area contributed by atoms with Gasteiger partial charge in [0.15, 0.2) is 0 Å². The fourth-order valence-corrected chi connectivity index (χ4v) is 2.54. The molecule has 0 spiro atoms. The average Bonchev–Trinajstić information content (AvgIpc) is 2.52. The normalized spacial score (nSPS) is 10.6. The molecule has 1 amide bonds. The summed E-state index contributed by atoms with van der Waals surface area (Å²) in [4.78, 5) is 16.4. The molecular formula is C17H12Cl2N2O. The van der Waals surface area contributed by atoms with Crippen LogP contribution in [0.1, 0.15) is 15.9 Å². The van der Waals surface area contributed by atoms with Crippen LogP contribution in [0, 0.1) is 0 Å². The standard InChI is InChI=1S/C17H12Cl2N2O/c18-14-3-1-2-11(8-14)10-20-17(22)13-4-6-15-12(9-13)5-7-16(19)21-15/h1-9H,10H2,(H,20,22). The molecule has 1 N–H and O–H groups in total. The van der Waals surface area contributed by atoms with Gasteiger partial charge in [0.25, 0.3) is 5.91 Å². The molecule has 3 nitrogen and oxygen atoms in total. The van der Waals surface area contributed by atoms with E-state index >= 15 is 0 Å². The summed E-state index contributed by atoms with van der Waals surface area (Å²) in [5.41, 5.74) is 2.30. The van der Waals surface area contributed by atoms with Crippen molar-refractivity contribution in [1.82, 2.24) is 10.3 Å². The summed E-state index contributed by atoms with van der Waals surface area (Å²) < 4.78 is 0. The van der Waals surface area contributed by atoms with Crippen molar-refractivity contribution in [2.75, 3.05) is 0 Å². The number of hydrogen-bond acceptors (Lipinski definition) is 2. The van der Waals surface area contributed by atoms with E-state index in [1.807, 2.05) is 24.3 Å². The van der Waals surface area contributed by atoms with E-state index < -0.39 is 0 Å². The third-order valence-corrected chi connectivity index (χ3v) is 3.71. The zero-order chi connectivity index (χ0) is 15.5. The second kappa shape index (κ2) is 6.34. The fraction of sp³-hybridized carbons (Fsp3) is 0.0588. The lowest BCUT2D eigenvalue weighted by molar-refractivity contribution is 0.0951. The number of carbonyl (C=O) groups is 1. The molecule has 110 valence electrons. The van der Waals surface area contributed by atoms with Crippen LogP contribution >= 0.6 is 23.2 Å². The first-order valence-electron chi connectivity index (χ1n) is 6.71. The molecule has 0 saturated carbocycles. The van der Waals surface area contributed by atoms with Crippen molar-refractivity contribution in [1.29, 1.82) is 0 Å². The molecule has 0 aliphatic heterocycles. The fourth-order valence-electron chi connectivity index (χ4n) is 2.17. The second-order valence-corrected chi connectivity index (χ2v) is 5.68. The van der Waals surface area contributed by atoms with Gasteiger partial charge in [-0.15, -0.1) is 0 Å². The molecule has 1 aromatic heterocycles. The lowest BCUT2D eigenvalue weighted by atomic mass is 10.1. The number of halogens is 2. The Kier molecular flexibility index (Phi) is 4.27. The van der Waals surface area contributed by atoms with E-state index in [1.54, 1.807) is 30.3 Å². The van der Waals surface area contributed by atoms with Crippen molar-refractivity contribution in [3.63, 3.8) is 0 Å². The van der Waals surface area contributed by atoms with Gasteiger partial charge in [-0.3, -0.25) is 4.79 Å². The molecule has 5 heteroatoms. The Morgan fingerprint density at radius 1 is 1.05 bits per heavy atom. The first-order valence-corrected chi connectivity index (χ1v) is 7.46. The van der Waals surface area contributed by atoms with Gasteiger partial charge >= 0.3 is 0 Å². The molecule has 0 bridgehead atoms. The zero-order valence-electron chi connectivity index (χ0n) is 11.5. The molecule has 1 heterocycles. The van der Waals surface area contributed by atoms with Crippen molar-refractivity contribution in [3.05, 3.63) is 75.9 Å². The molecule has 0 fully saturated rings. The molecular weight excluding hydrogens is 319 g/mol. The van der Waals surface area contributed by atoms with Crippen LogP contribution in [0.25, 0.3) is 10.9 Å². The predicted octanol–water partition coefficient (Wildman–Crippen LogP) is 4.47. The Morgan fingerprint density at radius 2 is 1.91 bits per heavy atom. The minimum atomic E-state index is -0.142. The van der Waals surface area contributed by atoms with Crippen molar-refractivity contribution < 1.29 is 4.79 Å². The van der Waals surface area contributed by atoms with Gasteiger partial charge in [-0.1, -0.05) is 35.3 Å². The van der Waals surface area contributed by atoms with E-state index in [0.717, 1.165) is 16.5 Å². The van der Waals surface area contributed by atoms with E-state index in [-0.39, 0.29) is 5.91 Å². The first kappa shape index (κ1) is 14.8. The van der Waals surface area contributed by atoms with Gasteiger partial charge in [-0.2, -0.15) is 0 Å². The van der Waals surface area contributed by atoms with Crippen LogP contribution in [0.5, 0.6) is 0 Å². The van der Waals surface area contributed by atoms with Crippen LogP contribution in [-0.4, -0.2) is 10.9 Å². The maximum atomic E-state index is 12.2. The third kappa shape index (κ3) is 3.38. The van der Waals surface area contributed by atoms with E-state index in [1.165, 1.54) is 0 Å². The summed E-state index contributed by atoms with van der Waals surface area (Å²) in [5.74, 6) is -0.142. The number of carbonyl (C=O) groups excluding carboxylic acids is 1. The van der Waals surface area contributed by atoms with Crippen molar-refractivity contribution >= 4 is 40.0 Å². The van der Waals surface area contributed by atoms with E-state index in [4.69, 9.17) is 23.2 Å². The average molecular weight is 331 g/mol. The minimum absolute atomic E-state index is 0.142. The van der Waals surface area contributed by atoms with Gasteiger partial charge in [-0.05, 0) is 48.0 Å². The van der Waals surface area contributed by atoms with Gasteiger partial charge < -0.3 is 5.32 Å². The summed E-state index contributed by atoms with van der Waals surface area (Å²) in [6.07, 6.45) is 0. The van der Waals surface area contributed by atoms with Gasteiger partial charge in [0.2, 0.25) is 0 Å². The Balaban J connectivity index is 1.76. The van der Waals surface area contributed by atoms with E-state index in [0.29, 0.717) is 22.3 Å². The number of amides is 1. The number of pyridine rings is 1. The second-order valence-electron chi connectivity index (χ2n) is 4.85.